The third kappa shape index (κ3) is 3.57. The maximum absolute atomic E-state index is 12.2. The summed E-state index contributed by atoms with van der Waals surface area (Å²) in [5.74, 6) is -0.112. The van der Waals surface area contributed by atoms with E-state index in [0.29, 0.717) is 16.9 Å². The van der Waals surface area contributed by atoms with Crippen LogP contribution in [0.1, 0.15) is 22.8 Å². The van der Waals surface area contributed by atoms with E-state index in [-0.39, 0.29) is 4.94 Å². The van der Waals surface area contributed by atoms with Crippen LogP contribution >= 0.6 is 11.3 Å². The van der Waals surface area contributed by atoms with Gasteiger partial charge >= 0.3 is 10.9 Å². The molecule has 0 amide bonds. The molecule has 3 aromatic rings. The first-order valence-corrected chi connectivity index (χ1v) is 7.82. The maximum atomic E-state index is 12.2. The van der Waals surface area contributed by atoms with Crippen molar-refractivity contribution in [3.63, 3.8) is 0 Å². The Kier molecular flexibility index (Phi) is 4.12. The first kappa shape index (κ1) is 15.2. The van der Waals surface area contributed by atoms with Crippen LogP contribution in [0.3, 0.4) is 0 Å². The van der Waals surface area contributed by atoms with Crippen LogP contribution < -0.4 is 9.68 Å². The van der Waals surface area contributed by atoms with Gasteiger partial charge in [-0.25, -0.2) is 9.59 Å². The SMILES string of the molecule is C=C(C)Cc1ccc(C(=O)Oc2ccc3sc(=O)oc3c2)cc1. The average Bonchev–Trinajstić information content (AvgIpc) is 2.86. The van der Waals surface area contributed by atoms with Crippen LogP contribution in [0.4, 0.5) is 0 Å². The lowest BCUT2D eigenvalue weighted by Gasteiger charge is -2.05. The van der Waals surface area contributed by atoms with Gasteiger partial charge in [0.2, 0.25) is 0 Å². The highest BCUT2D eigenvalue weighted by Crippen LogP contribution is 2.23. The van der Waals surface area contributed by atoms with E-state index in [1.165, 1.54) is 0 Å². The van der Waals surface area contributed by atoms with Crippen molar-refractivity contribution in [3.05, 3.63) is 75.5 Å². The molecular weight excluding hydrogens is 312 g/mol. The Balaban J connectivity index is 1.76. The maximum Gasteiger partial charge on any atom is 0.396 e. The van der Waals surface area contributed by atoms with Gasteiger partial charge in [-0.1, -0.05) is 35.6 Å². The molecule has 0 saturated heterocycles. The number of benzene rings is 2. The number of carbonyl (C=O) groups excluding carboxylic acids is 1. The van der Waals surface area contributed by atoms with Crippen molar-refractivity contribution in [2.45, 2.75) is 13.3 Å². The number of fused-ring (bicyclic) bond motifs is 1. The fourth-order valence-electron chi connectivity index (χ4n) is 2.19. The molecule has 0 N–H and O–H groups in total. The van der Waals surface area contributed by atoms with Crippen LogP contribution in [0, 0.1) is 0 Å². The lowest BCUT2D eigenvalue weighted by atomic mass is 10.1. The van der Waals surface area contributed by atoms with Crippen molar-refractivity contribution in [1.29, 1.82) is 0 Å². The average molecular weight is 326 g/mol. The quantitative estimate of drug-likeness (QED) is 0.410. The van der Waals surface area contributed by atoms with Gasteiger partial charge in [0.15, 0.2) is 5.58 Å². The van der Waals surface area contributed by atoms with Gasteiger partial charge in [-0.3, -0.25) is 0 Å². The topological polar surface area (TPSA) is 56.5 Å². The minimum atomic E-state index is -0.455. The van der Waals surface area contributed by atoms with Gasteiger partial charge in [0, 0.05) is 6.07 Å². The number of rotatable bonds is 4. The standard InChI is InChI=1S/C18H14O4S/c1-11(2)9-12-3-5-13(6-4-12)17(19)21-14-7-8-16-15(10-14)22-18(20)23-16/h3-8,10H,1,9H2,2H3. The van der Waals surface area contributed by atoms with E-state index in [0.717, 1.165) is 33.6 Å². The molecule has 5 heteroatoms. The van der Waals surface area contributed by atoms with Crippen molar-refractivity contribution in [2.75, 3.05) is 0 Å². The van der Waals surface area contributed by atoms with Gasteiger partial charge in [0.1, 0.15) is 5.75 Å². The largest absolute Gasteiger partial charge is 0.423 e. The Morgan fingerprint density at radius 3 is 2.65 bits per heavy atom. The summed E-state index contributed by atoms with van der Waals surface area (Å²) in [7, 11) is 0. The molecular formula is C18H14O4S. The predicted molar refractivity (Wildman–Crippen MR) is 90.3 cm³/mol. The first-order valence-electron chi connectivity index (χ1n) is 7.00. The zero-order chi connectivity index (χ0) is 16.4. The lowest BCUT2D eigenvalue weighted by Crippen LogP contribution is -2.08. The van der Waals surface area contributed by atoms with Crippen LogP contribution in [-0.4, -0.2) is 5.97 Å². The Labute approximate surface area is 136 Å². The Hall–Kier alpha value is -2.66. The van der Waals surface area contributed by atoms with E-state index in [4.69, 9.17) is 9.15 Å². The monoisotopic (exact) mass is 326 g/mol. The van der Waals surface area contributed by atoms with E-state index in [1.807, 2.05) is 19.1 Å². The molecule has 1 heterocycles. The normalized spacial score (nSPS) is 10.7. The smallest absolute Gasteiger partial charge is 0.396 e. The van der Waals surface area contributed by atoms with Gasteiger partial charge in [-0.15, -0.1) is 0 Å². The molecule has 0 radical (unpaired) electrons. The minimum absolute atomic E-state index is 0.343. The van der Waals surface area contributed by atoms with Gasteiger partial charge in [-0.2, -0.15) is 0 Å². The molecule has 23 heavy (non-hydrogen) atoms. The molecule has 2 aromatic carbocycles. The number of hydrogen-bond acceptors (Lipinski definition) is 5. The number of allylic oxidation sites excluding steroid dienone is 1. The summed E-state index contributed by atoms with van der Waals surface area (Å²) in [5.41, 5.74) is 3.03. The minimum Gasteiger partial charge on any atom is -0.423 e. The molecule has 0 bridgehead atoms. The third-order valence-corrected chi connectivity index (χ3v) is 4.02. The van der Waals surface area contributed by atoms with Crippen molar-refractivity contribution in [1.82, 2.24) is 0 Å². The molecule has 1 aromatic heterocycles. The second kappa shape index (κ2) is 6.22. The van der Waals surface area contributed by atoms with Crippen molar-refractivity contribution in [3.8, 4) is 5.75 Å². The van der Waals surface area contributed by atoms with Gasteiger partial charge in [-0.05, 0) is 43.2 Å². The van der Waals surface area contributed by atoms with Gasteiger partial charge < -0.3 is 9.15 Å². The first-order chi connectivity index (χ1) is 11.0. The molecule has 0 atom stereocenters. The number of ether oxygens (including phenoxy) is 1. The molecule has 0 saturated carbocycles. The van der Waals surface area contributed by atoms with E-state index >= 15 is 0 Å². The van der Waals surface area contributed by atoms with Crippen LogP contribution in [0.5, 0.6) is 5.75 Å². The Morgan fingerprint density at radius 1 is 1.22 bits per heavy atom. The van der Waals surface area contributed by atoms with Crippen LogP contribution in [-0.2, 0) is 6.42 Å². The van der Waals surface area contributed by atoms with Crippen LogP contribution in [0.2, 0.25) is 0 Å². The van der Waals surface area contributed by atoms with Crippen molar-refractivity contribution >= 4 is 27.6 Å². The molecule has 0 aliphatic rings. The summed E-state index contributed by atoms with van der Waals surface area (Å²) in [6.45, 7) is 5.83. The third-order valence-electron chi connectivity index (χ3n) is 3.21. The summed E-state index contributed by atoms with van der Waals surface area (Å²) in [6, 6.07) is 12.1. The molecule has 116 valence electrons. The predicted octanol–water partition coefficient (Wildman–Crippen LogP) is 4.19. The summed E-state index contributed by atoms with van der Waals surface area (Å²) in [6.07, 6.45) is 0.781. The zero-order valence-corrected chi connectivity index (χ0v) is 13.3. The fourth-order valence-corrected chi connectivity index (χ4v) is 2.84. The van der Waals surface area contributed by atoms with E-state index in [9.17, 15) is 9.59 Å². The fraction of sp³-hybridized carbons (Fsp3) is 0.111. The highest BCUT2D eigenvalue weighted by atomic mass is 32.1. The number of carbonyl (C=O) groups is 1. The molecule has 0 aliphatic carbocycles. The molecule has 0 unspecified atom stereocenters. The van der Waals surface area contributed by atoms with Crippen LogP contribution in [0.15, 0.2) is 63.8 Å². The van der Waals surface area contributed by atoms with Crippen molar-refractivity contribution < 1.29 is 13.9 Å². The molecule has 0 fully saturated rings. The molecule has 0 aliphatic heterocycles. The number of esters is 1. The highest BCUT2D eigenvalue weighted by Gasteiger charge is 2.10. The Morgan fingerprint density at radius 2 is 1.96 bits per heavy atom. The summed E-state index contributed by atoms with van der Waals surface area (Å²) < 4.78 is 11.1. The van der Waals surface area contributed by atoms with Crippen LogP contribution in [0.25, 0.3) is 10.3 Å². The van der Waals surface area contributed by atoms with Gasteiger partial charge in [0.05, 0.1) is 10.3 Å². The van der Waals surface area contributed by atoms with E-state index in [2.05, 4.69) is 6.58 Å². The summed E-state index contributed by atoms with van der Waals surface area (Å²) in [5, 5.41) is 0. The molecule has 3 rings (SSSR count). The lowest BCUT2D eigenvalue weighted by molar-refractivity contribution is 0.0735. The molecule has 0 spiro atoms. The summed E-state index contributed by atoms with van der Waals surface area (Å²) in [4.78, 5) is 23.0. The van der Waals surface area contributed by atoms with Crippen molar-refractivity contribution in [2.24, 2.45) is 0 Å². The van der Waals surface area contributed by atoms with E-state index < -0.39 is 5.97 Å². The molecule has 4 nitrogen and oxygen atoms in total. The van der Waals surface area contributed by atoms with E-state index in [1.54, 1.807) is 30.3 Å². The second-order valence-electron chi connectivity index (χ2n) is 5.28. The highest BCUT2D eigenvalue weighted by molar-refractivity contribution is 7.16. The second-order valence-corrected chi connectivity index (χ2v) is 6.26. The van der Waals surface area contributed by atoms with Gasteiger partial charge in [0.25, 0.3) is 0 Å². The number of hydrogen-bond donors (Lipinski definition) is 0. The Bertz CT molecular complexity index is 932. The zero-order valence-electron chi connectivity index (χ0n) is 12.5. The summed E-state index contributed by atoms with van der Waals surface area (Å²) >= 11 is 1.01.